The van der Waals surface area contributed by atoms with Crippen molar-refractivity contribution in [1.29, 1.82) is 0 Å². The van der Waals surface area contributed by atoms with Gasteiger partial charge in [0.2, 0.25) is 0 Å². The zero-order valence-electron chi connectivity index (χ0n) is 11.3. The predicted octanol–water partition coefficient (Wildman–Crippen LogP) is 3.69. The molecule has 0 aromatic rings. The zero-order valence-corrected chi connectivity index (χ0v) is 11.3. The molecule has 0 saturated heterocycles. The van der Waals surface area contributed by atoms with E-state index < -0.39 is 0 Å². The molecule has 1 N–H and O–H groups in total. The number of hydrogen-bond acceptors (Lipinski definition) is 2. The fourth-order valence-corrected chi connectivity index (χ4v) is 2.30. The molecule has 0 atom stereocenters. The van der Waals surface area contributed by atoms with Gasteiger partial charge in [-0.3, -0.25) is 0 Å². The van der Waals surface area contributed by atoms with Crippen LogP contribution in [0.3, 0.4) is 0 Å². The third-order valence-corrected chi connectivity index (χ3v) is 3.76. The van der Waals surface area contributed by atoms with Crippen molar-refractivity contribution in [1.82, 2.24) is 5.32 Å². The summed E-state index contributed by atoms with van der Waals surface area (Å²) in [5.74, 6) is 1.76. The molecule has 16 heavy (non-hydrogen) atoms. The molecule has 0 radical (unpaired) electrons. The molecule has 0 unspecified atom stereocenters. The van der Waals surface area contributed by atoms with Gasteiger partial charge >= 0.3 is 0 Å². The van der Waals surface area contributed by atoms with Crippen LogP contribution in [0.25, 0.3) is 0 Å². The maximum Gasteiger partial charge on any atom is 0.116 e. The molecule has 0 amide bonds. The van der Waals surface area contributed by atoms with Crippen LogP contribution >= 0.6 is 0 Å². The van der Waals surface area contributed by atoms with Crippen LogP contribution in [0.5, 0.6) is 0 Å². The van der Waals surface area contributed by atoms with E-state index in [1.165, 1.54) is 31.4 Å². The standard InChI is InChI=1S/C14H27NO/c1-5-12(4)15-10-16-14-8-6-13(7-9-14)11(2)3/h5,11,13-15H,6-10H2,1-4H3/b12-5+/t13-,14+. The molecular formula is C14H27NO. The lowest BCUT2D eigenvalue weighted by molar-refractivity contribution is 0.00694. The summed E-state index contributed by atoms with van der Waals surface area (Å²) in [6.45, 7) is 9.44. The first-order valence-corrected chi connectivity index (χ1v) is 6.61. The molecule has 0 aromatic heterocycles. The van der Waals surface area contributed by atoms with E-state index in [4.69, 9.17) is 4.74 Å². The molecular weight excluding hydrogens is 198 g/mol. The number of hydrogen-bond donors (Lipinski definition) is 1. The van der Waals surface area contributed by atoms with Crippen molar-refractivity contribution in [3.05, 3.63) is 11.8 Å². The summed E-state index contributed by atoms with van der Waals surface area (Å²) < 4.78 is 5.83. The molecule has 2 nitrogen and oxygen atoms in total. The Morgan fingerprint density at radius 3 is 2.44 bits per heavy atom. The molecule has 0 aliphatic heterocycles. The minimum Gasteiger partial charge on any atom is -0.367 e. The second-order valence-corrected chi connectivity index (χ2v) is 5.24. The van der Waals surface area contributed by atoms with Gasteiger partial charge in [-0.25, -0.2) is 0 Å². The Bertz CT molecular complexity index is 215. The van der Waals surface area contributed by atoms with Crippen LogP contribution in [-0.2, 0) is 4.74 Å². The van der Waals surface area contributed by atoms with Crippen molar-refractivity contribution < 1.29 is 4.74 Å². The van der Waals surface area contributed by atoms with Gasteiger partial charge in [-0.15, -0.1) is 0 Å². The Morgan fingerprint density at radius 1 is 1.31 bits per heavy atom. The summed E-state index contributed by atoms with van der Waals surface area (Å²) in [6.07, 6.45) is 7.69. The minimum atomic E-state index is 0.479. The van der Waals surface area contributed by atoms with Gasteiger partial charge in [0.05, 0.1) is 6.10 Å². The number of allylic oxidation sites excluding steroid dienone is 2. The zero-order chi connectivity index (χ0) is 12.0. The highest BCUT2D eigenvalue weighted by molar-refractivity contribution is 4.91. The average molecular weight is 225 g/mol. The van der Waals surface area contributed by atoms with Crippen molar-refractivity contribution in [2.24, 2.45) is 11.8 Å². The smallest absolute Gasteiger partial charge is 0.116 e. The van der Waals surface area contributed by atoms with Gasteiger partial charge in [0, 0.05) is 5.70 Å². The third-order valence-electron chi connectivity index (χ3n) is 3.76. The van der Waals surface area contributed by atoms with Gasteiger partial charge in [-0.2, -0.15) is 0 Å². The fourth-order valence-electron chi connectivity index (χ4n) is 2.30. The van der Waals surface area contributed by atoms with Crippen molar-refractivity contribution in [3.8, 4) is 0 Å². The summed E-state index contributed by atoms with van der Waals surface area (Å²) in [7, 11) is 0. The Morgan fingerprint density at radius 2 is 1.94 bits per heavy atom. The average Bonchev–Trinajstić information content (AvgIpc) is 2.29. The number of rotatable bonds is 5. The second kappa shape index (κ2) is 6.95. The molecule has 2 heteroatoms. The molecule has 0 spiro atoms. The summed E-state index contributed by atoms with van der Waals surface area (Å²) in [4.78, 5) is 0. The molecule has 1 aliphatic rings. The lowest BCUT2D eigenvalue weighted by Gasteiger charge is -2.30. The molecule has 1 rings (SSSR count). The van der Waals surface area contributed by atoms with Gasteiger partial charge in [-0.05, 0) is 51.4 Å². The summed E-state index contributed by atoms with van der Waals surface area (Å²) >= 11 is 0. The van der Waals surface area contributed by atoms with E-state index in [0.717, 1.165) is 11.8 Å². The highest BCUT2D eigenvalue weighted by Gasteiger charge is 2.23. The summed E-state index contributed by atoms with van der Waals surface area (Å²) in [5, 5.41) is 3.25. The normalized spacial score (nSPS) is 27.2. The molecule has 1 saturated carbocycles. The Balaban J connectivity index is 2.13. The van der Waals surface area contributed by atoms with E-state index >= 15 is 0 Å². The lowest BCUT2D eigenvalue weighted by atomic mass is 9.80. The van der Waals surface area contributed by atoms with Crippen LogP contribution in [0.2, 0.25) is 0 Å². The monoisotopic (exact) mass is 225 g/mol. The first-order chi connectivity index (χ1) is 7.63. The van der Waals surface area contributed by atoms with Crippen molar-refractivity contribution >= 4 is 0 Å². The Labute approximate surface area is 100 Å². The SMILES string of the molecule is C/C=C(\C)NCO[C@H]1CC[C@@H](C(C)C)CC1. The van der Waals surface area contributed by atoms with Crippen molar-refractivity contribution in [2.45, 2.75) is 59.5 Å². The van der Waals surface area contributed by atoms with Gasteiger partial charge in [0.25, 0.3) is 0 Å². The van der Waals surface area contributed by atoms with Gasteiger partial charge in [-0.1, -0.05) is 19.9 Å². The molecule has 1 aliphatic carbocycles. The van der Waals surface area contributed by atoms with E-state index in [0.29, 0.717) is 12.8 Å². The van der Waals surface area contributed by atoms with Crippen LogP contribution in [0.15, 0.2) is 11.8 Å². The fraction of sp³-hybridized carbons (Fsp3) is 0.857. The van der Waals surface area contributed by atoms with E-state index in [1.807, 2.05) is 6.92 Å². The molecule has 0 bridgehead atoms. The van der Waals surface area contributed by atoms with Gasteiger partial charge < -0.3 is 10.1 Å². The Hall–Kier alpha value is -0.500. The first-order valence-electron chi connectivity index (χ1n) is 6.61. The maximum atomic E-state index is 5.83. The van der Waals surface area contributed by atoms with Gasteiger partial charge in [0.15, 0.2) is 0 Å². The van der Waals surface area contributed by atoms with E-state index in [1.54, 1.807) is 0 Å². The second-order valence-electron chi connectivity index (χ2n) is 5.24. The van der Waals surface area contributed by atoms with Gasteiger partial charge in [0.1, 0.15) is 6.73 Å². The van der Waals surface area contributed by atoms with E-state index in [2.05, 4.69) is 32.2 Å². The number of nitrogens with one attached hydrogen (secondary N) is 1. The highest BCUT2D eigenvalue weighted by Crippen LogP contribution is 2.30. The molecule has 94 valence electrons. The van der Waals surface area contributed by atoms with Crippen LogP contribution in [0.1, 0.15) is 53.4 Å². The molecule has 1 fully saturated rings. The van der Waals surface area contributed by atoms with Crippen molar-refractivity contribution in [3.63, 3.8) is 0 Å². The number of ether oxygens (including phenoxy) is 1. The lowest BCUT2D eigenvalue weighted by Crippen LogP contribution is -2.27. The quantitative estimate of drug-likeness (QED) is 0.721. The van der Waals surface area contributed by atoms with Crippen LogP contribution in [0.4, 0.5) is 0 Å². The Kier molecular flexibility index (Phi) is 5.89. The van der Waals surface area contributed by atoms with Crippen LogP contribution in [-0.4, -0.2) is 12.8 Å². The molecule has 0 heterocycles. The predicted molar refractivity (Wildman–Crippen MR) is 69.1 cm³/mol. The summed E-state index contributed by atoms with van der Waals surface area (Å²) in [6, 6.07) is 0. The highest BCUT2D eigenvalue weighted by atomic mass is 16.5. The maximum absolute atomic E-state index is 5.83. The third kappa shape index (κ3) is 4.56. The van der Waals surface area contributed by atoms with Crippen LogP contribution < -0.4 is 5.32 Å². The van der Waals surface area contributed by atoms with Crippen LogP contribution in [0, 0.1) is 11.8 Å². The largest absolute Gasteiger partial charge is 0.367 e. The van der Waals surface area contributed by atoms with Crippen molar-refractivity contribution in [2.75, 3.05) is 6.73 Å². The van der Waals surface area contributed by atoms with E-state index in [9.17, 15) is 0 Å². The summed E-state index contributed by atoms with van der Waals surface area (Å²) in [5.41, 5.74) is 1.19. The topological polar surface area (TPSA) is 21.3 Å². The first kappa shape index (κ1) is 13.6. The van der Waals surface area contributed by atoms with E-state index in [-0.39, 0.29) is 0 Å². The minimum absolute atomic E-state index is 0.479. The molecule has 0 aromatic carbocycles.